The number of benzene rings is 2. The third kappa shape index (κ3) is 15.9. The van der Waals surface area contributed by atoms with E-state index in [4.69, 9.17) is 9.05 Å². The van der Waals surface area contributed by atoms with Crippen LogP contribution in [0.15, 0.2) is 60.7 Å². The number of nitrogens with zero attached hydrogens (tertiary/aromatic N) is 1. The van der Waals surface area contributed by atoms with Gasteiger partial charge in [-0.3, -0.25) is 4.57 Å². The second kappa shape index (κ2) is 21.3. The van der Waals surface area contributed by atoms with Crippen LogP contribution < -0.4 is 4.89 Å². The first-order valence-electron chi connectivity index (χ1n) is 17.6. The van der Waals surface area contributed by atoms with Gasteiger partial charge in [-0.15, -0.1) is 0 Å². The van der Waals surface area contributed by atoms with Gasteiger partial charge in [-0.1, -0.05) is 164 Å². The molecule has 0 saturated carbocycles. The summed E-state index contributed by atoms with van der Waals surface area (Å²) in [7, 11) is -4.28. The van der Waals surface area contributed by atoms with Crippen LogP contribution in [0.25, 0.3) is 0 Å². The lowest BCUT2D eigenvalue weighted by atomic mass is 10.0. The van der Waals surface area contributed by atoms with Gasteiger partial charge in [0.05, 0.1) is 25.8 Å². The lowest BCUT2D eigenvalue weighted by molar-refractivity contribution is -0.958. The fourth-order valence-corrected chi connectivity index (χ4v) is 7.54. The van der Waals surface area contributed by atoms with Gasteiger partial charge in [-0.05, 0) is 6.42 Å². The van der Waals surface area contributed by atoms with Crippen molar-refractivity contribution >= 4 is 7.82 Å². The van der Waals surface area contributed by atoms with Gasteiger partial charge in [-0.25, -0.2) is 0 Å². The summed E-state index contributed by atoms with van der Waals surface area (Å²) < 4.78 is 24.3. The Morgan fingerprint density at radius 1 is 0.651 bits per heavy atom. The lowest BCUT2D eigenvalue weighted by Crippen LogP contribution is -2.53. The molecule has 2 aromatic rings. The van der Waals surface area contributed by atoms with Gasteiger partial charge in [0.15, 0.2) is 0 Å². The van der Waals surface area contributed by atoms with E-state index in [1.54, 1.807) is 0 Å². The predicted molar refractivity (Wildman–Crippen MR) is 177 cm³/mol. The zero-order chi connectivity index (χ0) is 30.5. The lowest BCUT2D eigenvalue weighted by Gasteiger charge is -2.44. The number of unbranched alkanes of at least 4 members (excludes halogenated alkanes) is 15. The summed E-state index contributed by atoms with van der Waals surface area (Å²) in [6.45, 7) is 6.15. The maximum absolute atomic E-state index is 12.6. The first kappa shape index (κ1) is 36.0. The van der Waals surface area contributed by atoms with Gasteiger partial charge in [0.2, 0.25) is 0 Å². The number of likely N-dealkylation sites (tertiary alicyclic amines) is 1. The maximum Gasteiger partial charge on any atom is 0.268 e. The van der Waals surface area contributed by atoms with E-state index in [2.05, 4.69) is 67.6 Å². The predicted octanol–water partition coefficient (Wildman–Crippen LogP) is 10.1. The number of hydrogen-bond donors (Lipinski definition) is 0. The van der Waals surface area contributed by atoms with E-state index >= 15 is 0 Å². The fourth-order valence-electron chi connectivity index (χ4n) is 6.55. The molecule has 43 heavy (non-hydrogen) atoms. The zero-order valence-electron chi connectivity index (χ0n) is 27.1. The SMILES string of the molecule is CCCCCCCCCCCCCCCCCCOP(=O)([O-])OC1CC[N+](Cc2ccccc2)(Cc2ccccc2)CC1. The summed E-state index contributed by atoms with van der Waals surface area (Å²) in [5.74, 6) is 0. The van der Waals surface area contributed by atoms with Crippen molar-refractivity contribution in [1.29, 1.82) is 0 Å². The quantitative estimate of drug-likeness (QED) is 0.0671. The van der Waals surface area contributed by atoms with E-state index in [9.17, 15) is 9.46 Å². The summed E-state index contributed by atoms with van der Waals surface area (Å²) in [4.78, 5) is 12.6. The van der Waals surface area contributed by atoms with Crippen molar-refractivity contribution in [2.75, 3.05) is 19.7 Å². The molecule has 1 unspecified atom stereocenters. The molecule has 1 saturated heterocycles. The second-order valence-corrected chi connectivity index (χ2v) is 14.3. The maximum atomic E-state index is 12.6. The van der Waals surface area contributed by atoms with Crippen molar-refractivity contribution in [3.8, 4) is 0 Å². The minimum absolute atomic E-state index is 0.230. The summed E-state index contributed by atoms with van der Waals surface area (Å²) in [6, 6.07) is 21.2. The number of quaternary nitrogens is 1. The molecule has 1 fully saturated rings. The normalized spacial score (nSPS) is 16.7. The van der Waals surface area contributed by atoms with Gasteiger partial charge >= 0.3 is 0 Å². The third-order valence-corrected chi connectivity index (χ3v) is 10.2. The average molecular weight is 614 g/mol. The molecule has 0 amide bonds. The molecule has 0 aliphatic carbocycles. The van der Waals surface area contributed by atoms with Crippen LogP contribution in [0.2, 0.25) is 0 Å². The first-order valence-corrected chi connectivity index (χ1v) is 19.0. The van der Waals surface area contributed by atoms with E-state index in [0.717, 1.165) is 49.9 Å². The Morgan fingerprint density at radius 3 is 1.47 bits per heavy atom. The molecule has 5 nitrogen and oxygen atoms in total. The smallest absolute Gasteiger partial charge is 0.268 e. The van der Waals surface area contributed by atoms with Crippen LogP contribution >= 0.6 is 7.82 Å². The highest BCUT2D eigenvalue weighted by atomic mass is 31.2. The molecule has 242 valence electrons. The van der Waals surface area contributed by atoms with Crippen molar-refractivity contribution in [3.63, 3.8) is 0 Å². The van der Waals surface area contributed by atoms with E-state index in [0.29, 0.717) is 12.8 Å². The number of piperidine rings is 1. The molecule has 0 radical (unpaired) electrons. The Labute approximate surface area is 263 Å². The molecular weight excluding hydrogens is 553 g/mol. The molecule has 3 rings (SSSR count). The summed E-state index contributed by atoms with van der Waals surface area (Å²) in [5.41, 5.74) is 2.63. The third-order valence-electron chi connectivity index (χ3n) is 9.10. The van der Waals surface area contributed by atoms with E-state index in [1.807, 2.05) is 0 Å². The number of hydrogen-bond acceptors (Lipinski definition) is 4. The average Bonchev–Trinajstić information content (AvgIpc) is 3.01. The van der Waals surface area contributed by atoms with E-state index < -0.39 is 7.82 Å². The van der Waals surface area contributed by atoms with Gasteiger partial charge < -0.3 is 18.4 Å². The molecule has 1 atom stereocenters. The van der Waals surface area contributed by atoms with Crippen molar-refractivity contribution in [2.24, 2.45) is 0 Å². The highest BCUT2D eigenvalue weighted by Crippen LogP contribution is 2.43. The van der Waals surface area contributed by atoms with Crippen LogP contribution in [0.5, 0.6) is 0 Å². The molecule has 1 aliphatic heterocycles. The summed E-state index contributed by atoms with van der Waals surface area (Å²) >= 11 is 0. The number of phosphoric acid groups is 1. The van der Waals surface area contributed by atoms with Crippen molar-refractivity contribution in [2.45, 2.75) is 142 Å². The molecule has 0 spiro atoms. The molecule has 0 N–H and O–H groups in total. The molecule has 1 aliphatic rings. The minimum Gasteiger partial charge on any atom is -0.756 e. The van der Waals surface area contributed by atoms with Gasteiger partial charge in [0.1, 0.15) is 13.1 Å². The van der Waals surface area contributed by atoms with Crippen LogP contribution in [-0.4, -0.2) is 30.3 Å². The van der Waals surface area contributed by atoms with Crippen molar-refractivity contribution in [1.82, 2.24) is 0 Å². The van der Waals surface area contributed by atoms with Crippen LogP contribution in [0.3, 0.4) is 0 Å². The Kier molecular flexibility index (Phi) is 17.8. The summed E-state index contributed by atoms with van der Waals surface area (Å²) in [6.07, 6.45) is 21.8. The van der Waals surface area contributed by atoms with Crippen molar-refractivity contribution in [3.05, 3.63) is 71.8 Å². The molecule has 0 aromatic heterocycles. The van der Waals surface area contributed by atoms with Crippen LogP contribution in [-0.2, 0) is 26.7 Å². The second-order valence-electron chi connectivity index (χ2n) is 13.0. The highest BCUT2D eigenvalue weighted by molar-refractivity contribution is 7.45. The van der Waals surface area contributed by atoms with Crippen LogP contribution in [0.4, 0.5) is 0 Å². The highest BCUT2D eigenvalue weighted by Gasteiger charge is 2.36. The molecule has 1 heterocycles. The molecule has 0 bridgehead atoms. The first-order chi connectivity index (χ1) is 21.0. The minimum atomic E-state index is -4.28. The molecule has 6 heteroatoms. The fraction of sp³-hybridized carbons (Fsp3) is 0.676. The van der Waals surface area contributed by atoms with Gasteiger partial charge in [0, 0.05) is 24.0 Å². The molecular formula is C37H60NO4P. The number of rotatable bonds is 24. The monoisotopic (exact) mass is 613 g/mol. The Balaban J connectivity index is 1.23. The molecule has 2 aromatic carbocycles. The standard InChI is InChI=1S/C37H60NO4P/c1-2-3-4-5-6-7-8-9-10-11-12-13-14-15-16-23-32-41-43(39,40)42-37-28-30-38(31-29-37,33-35-24-19-17-20-25-35)34-36-26-21-18-22-27-36/h17-22,24-27,37H,2-16,23,28-34H2,1H3. The topological polar surface area (TPSA) is 58.6 Å². The summed E-state index contributed by atoms with van der Waals surface area (Å²) in [5, 5.41) is 0. The Morgan fingerprint density at radius 2 is 1.05 bits per heavy atom. The van der Waals surface area contributed by atoms with Gasteiger partial charge in [-0.2, -0.15) is 0 Å². The largest absolute Gasteiger partial charge is 0.756 e. The number of phosphoric ester groups is 1. The Hall–Kier alpha value is -1.49. The zero-order valence-corrected chi connectivity index (χ0v) is 28.0. The van der Waals surface area contributed by atoms with Crippen molar-refractivity contribution < 1.29 is 23.0 Å². The Bertz CT molecular complexity index is 951. The van der Waals surface area contributed by atoms with Gasteiger partial charge in [0.25, 0.3) is 7.82 Å². The van der Waals surface area contributed by atoms with Crippen LogP contribution in [0, 0.1) is 0 Å². The van der Waals surface area contributed by atoms with E-state index in [1.165, 1.54) is 94.6 Å². The van der Waals surface area contributed by atoms with Crippen LogP contribution in [0.1, 0.15) is 134 Å². The van der Waals surface area contributed by atoms with E-state index in [-0.39, 0.29) is 12.7 Å².